The van der Waals surface area contributed by atoms with Crippen LogP contribution in [0.3, 0.4) is 0 Å². The molecule has 1 aliphatic heterocycles. The highest BCUT2D eigenvalue weighted by Crippen LogP contribution is 2.32. The Labute approximate surface area is 127 Å². The van der Waals surface area contributed by atoms with Crippen LogP contribution in [0.15, 0.2) is 24.3 Å². The van der Waals surface area contributed by atoms with Gasteiger partial charge in [0.05, 0.1) is 12.6 Å². The second-order valence-electron chi connectivity index (χ2n) is 5.59. The number of likely N-dealkylation sites (tertiary alicyclic amines) is 1. The maximum Gasteiger partial charge on any atom is 0.223 e. The molecule has 2 rings (SSSR count). The Morgan fingerprint density at radius 2 is 2.00 bits per heavy atom. The maximum absolute atomic E-state index is 12.2. The summed E-state index contributed by atoms with van der Waals surface area (Å²) in [4.78, 5) is 14.2. The molecule has 1 amide bonds. The highest BCUT2D eigenvalue weighted by Gasteiger charge is 2.34. The van der Waals surface area contributed by atoms with Gasteiger partial charge >= 0.3 is 0 Å². The first-order valence-electron chi connectivity index (χ1n) is 7.95. The molecular formula is C17H26N2O2. The predicted octanol–water partition coefficient (Wildman–Crippen LogP) is 2.88. The number of piperidine rings is 1. The van der Waals surface area contributed by atoms with Crippen LogP contribution in [0.25, 0.3) is 0 Å². The molecule has 2 atom stereocenters. The fourth-order valence-corrected chi connectivity index (χ4v) is 2.93. The van der Waals surface area contributed by atoms with Gasteiger partial charge in [-0.3, -0.25) is 4.79 Å². The Balaban J connectivity index is 2.20. The molecule has 0 spiro atoms. The van der Waals surface area contributed by atoms with Crippen molar-refractivity contribution >= 4 is 5.91 Å². The molecule has 1 heterocycles. The van der Waals surface area contributed by atoms with Crippen LogP contribution in [0, 0.1) is 0 Å². The van der Waals surface area contributed by atoms with Gasteiger partial charge in [0.1, 0.15) is 5.75 Å². The van der Waals surface area contributed by atoms with Crippen LogP contribution in [0.4, 0.5) is 0 Å². The lowest BCUT2D eigenvalue weighted by Gasteiger charge is -2.40. The van der Waals surface area contributed by atoms with Gasteiger partial charge in [-0.1, -0.05) is 25.5 Å². The van der Waals surface area contributed by atoms with Crippen LogP contribution in [-0.2, 0) is 4.79 Å². The molecule has 2 unspecified atom stereocenters. The summed E-state index contributed by atoms with van der Waals surface area (Å²) < 4.78 is 5.48. The van der Waals surface area contributed by atoms with E-state index in [9.17, 15) is 4.79 Å². The predicted molar refractivity (Wildman–Crippen MR) is 84.2 cm³/mol. The van der Waals surface area contributed by atoms with Gasteiger partial charge in [-0.25, -0.2) is 0 Å². The van der Waals surface area contributed by atoms with Crippen LogP contribution in [0.5, 0.6) is 5.75 Å². The number of rotatable bonds is 6. The van der Waals surface area contributed by atoms with Gasteiger partial charge in [-0.15, -0.1) is 0 Å². The highest BCUT2D eigenvalue weighted by molar-refractivity contribution is 5.78. The summed E-state index contributed by atoms with van der Waals surface area (Å²) in [6.45, 7) is 5.56. The number of ether oxygens (including phenoxy) is 1. The number of carbonyl (C=O) groups is 1. The van der Waals surface area contributed by atoms with Gasteiger partial charge in [0.25, 0.3) is 0 Å². The summed E-state index contributed by atoms with van der Waals surface area (Å²) in [6, 6.07) is 8.00. The number of benzene rings is 1. The summed E-state index contributed by atoms with van der Waals surface area (Å²) in [7, 11) is 0. The monoisotopic (exact) mass is 290 g/mol. The number of amides is 1. The minimum absolute atomic E-state index is 0.00604. The van der Waals surface area contributed by atoms with Crippen molar-refractivity contribution < 1.29 is 9.53 Å². The zero-order valence-electron chi connectivity index (χ0n) is 13.0. The van der Waals surface area contributed by atoms with Gasteiger partial charge in [-0.2, -0.15) is 0 Å². The van der Waals surface area contributed by atoms with Crippen LogP contribution in [0.2, 0.25) is 0 Å². The van der Waals surface area contributed by atoms with Crippen molar-refractivity contribution in [2.24, 2.45) is 5.73 Å². The lowest BCUT2D eigenvalue weighted by atomic mass is 9.90. The molecule has 1 aliphatic rings. The Hall–Kier alpha value is -1.55. The molecule has 2 N–H and O–H groups in total. The third-order valence-corrected chi connectivity index (χ3v) is 4.04. The van der Waals surface area contributed by atoms with Crippen LogP contribution in [-0.4, -0.2) is 30.0 Å². The standard InChI is InChI=1S/C17H26N2O2/c1-3-5-12-19-16(20)11-10-15(18)17(19)13-6-8-14(9-7-13)21-4-2/h6-9,15,17H,3-5,10-12,18H2,1-2H3. The van der Waals surface area contributed by atoms with Crippen molar-refractivity contribution in [3.63, 3.8) is 0 Å². The second-order valence-corrected chi connectivity index (χ2v) is 5.59. The Morgan fingerprint density at radius 3 is 2.62 bits per heavy atom. The summed E-state index contributed by atoms with van der Waals surface area (Å²) >= 11 is 0. The number of hydrogen-bond acceptors (Lipinski definition) is 3. The van der Waals surface area contributed by atoms with Gasteiger partial charge in [-0.05, 0) is 37.5 Å². The molecule has 116 valence electrons. The van der Waals surface area contributed by atoms with E-state index < -0.39 is 0 Å². The van der Waals surface area contributed by atoms with Crippen molar-refractivity contribution in [2.75, 3.05) is 13.2 Å². The molecule has 0 saturated carbocycles. The fourth-order valence-electron chi connectivity index (χ4n) is 2.93. The van der Waals surface area contributed by atoms with E-state index in [0.29, 0.717) is 13.0 Å². The third kappa shape index (κ3) is 3.76. The zero-order chi connectivity index (χ0) is 15.2. The second kappa shape index (κ2) is 7.46. The Kier molecular flexibility index (Phi) is 5.62. The first-order chi connectivity index (χ1) is 10.2. The Morgan fingerprint density at radius 1 is 1.29 bits per heavy atom. The molecule has 1 saturated heterocycles. The quantitative estimate of drug-likeness (QED) is 0.876. The van der Waals surface area contributed by atoms with Crippen LogP contribution < -0.4 is 10.5 Å². The Bertz CT molecular complexity index is 458. The lowest BCUT2D eigenvalue weighted by molar-refractivity contribution is -0.137. The van der Waals surface area contributed by atoms with E-state index in [-0.39, 0.29) is 18.0 Å². The molecule has 1 aromatic carbocycles. The highest BCUT2D eigenvalue weighted by atomic mass is 16.5. The summed E-state index contributed by atoms with van der Waals surface area (Å²) in [5.41, 5.74) is 7.41. The number of carbonyl (C=O) groups excluding carboxylic acids is 1. The first kappa shape index (κ1) is 15.8. The van der Waals surface area contributed by atoms with Crippen molar-refractivity contribution in [3.8, 4) is 5.75 Å². The molecule has 21 heavy (non-hydrogen) atoms. The van der Waals surface area contributed by atoms with E-state index in [2.05, 4.69) is 6.92 Å². The molecule has 0 aromatic heterocycles. The first-order valence-corrected chi connectivity index (χ1v) is 7.95. The van der Waals surface area contributed by atoms with Gasteiger partial charge < -0.3 is 15.4 Å². The SMILES string of the molecule is CCCCN1C(=O)CCC(N)C1c1ccc(OCC)cc1. The van der Waals surface area contributed by atoms with Crippen molar-refractivity contribution in [2.45, 2.75) is 51.6 Å². The lowest BCUT2D eigenvalue weighted by Crippen LogP contribution is -2.49. The summed E-state index contributed by atoms with van der Waals surface area (Å²) in [5, 5.41) is 0. The van der Waals surface area contributed by atoms with E-state index in [4.69, 9.17) is 10.5 Å². The molecule has 1 aromatic rings. The van der Waals surface area contributed by atoms with E-state index in [1.54, 1.807) is 0 Å². The van der Waals surface area contributed by atoms with E-state index in [0.717, 1.165) is 37.1 Å². The number of unbranched alkanes of at least 4 members (excludes halogenated alkanes) is 1. The minimum atomic E-state index is -0.00604. The third-order valence-electron chi connectivity index (χ3n) is 4.04. The normalized spacial score (nSPS) is 22.4. The molecule has 0 radical (unpaired) electrons. The smallest absolute Gasteiger partial charge is 0.223 e. The summed E-state index contributed by atoms with van der Waals surface area (Å²) in [6.07, 6.45) is 3.43. The fraction of sp³-hybridized carbons (Fsp3) is 0.588. The van der Waals surface area contributed by atoms with E-state index >= 15 is 0 Å². The van der Waals surface area contributed by atoms with E-state index in [1.807, 2.05) is 36.1 Å². The molecule has 1 fully saturated rings. The van der Waals surface area contributed by atoms with E-state index in [1.165, 1.54) is 0 Å². The molecule has 4 heteroatoms. The van der Waals surface area contributed by atoms with Crippen molar-refractivity contribution in [1.29, 1.82) is 0 Å². The van der Waals surface area contributed by atoms with Gasteiger partial charge in [0.15, 0.2) is 0 Å². The molecule has 0 bridgehead atoms. The van der Waals surface area contributed by atoms with Crippen molar-refractivity contribution in [3.05, 3.63) is 29.8 Å². The summed E-state index contributed by atoms with van der Waals surface area (Å²) in [5.74, 6) is 1.08. The molecule has 4 nitrogen and oxygen atoms in total. The average molecular weight is 290 g/mol. The molecular weight excluding hydrogens is 264 g/mol. The van der Waals surface area contributed by atoms with Gasteiger partial charge in [0, 0.05) is 19.0 Å². The minimum Gasteiger partial charge on any atom is -0.494 e. The van der Waals surface area contributed by atoms with Crippen molar-refractivity contribution in [1.82, 2.24) is 4.90 Å². The van der Waals surface area contributed by atoms with Crippen LogP contribution >= 0.6 is 0 Å². The number of hydrogen-bond donors (Lipinski definition) is 1. The molecule has 0 aliphatic carbocycles. The largest absolute Gasteiger partial charge is 0.494 e. The van der Waals surface area contributed by atoms with Gasteiger partial charge in [0.2, 0.25) is 5.91 Å². The zero-order valence-corrected chi connectivity index (χ0v) is 13.0. The average Bonchev–Trinajstić information content (AvgIpc) is 2.49. The van der Waals surface area contributed by atoms with Crippen LogP contribution in [0.1, 0.15) is 51.1 Å². The topological polar surface area (TPSA) is 55.6 Å². The number of nitrogens with two attached hydrogens (primary N) is 1. The maximum atomic E-state index is 12.2. The number of nitrogens with zero attached hydrogens (tertiary/aromatic N) is 1.